The van der Waals surface area contributed by atoms with Crippen molar-refractivity contribution in [3.05, 3.63) is 7.43 Å². The number of hydrogen-bond donors (Lipinski definition) is 1. The van der Waals surface area contributed by atoms with Crippen LogP contribution in [0.1, 0.15) is 25.7 Å². The van der Waals surface area contributed by atoms with E-state index >= 15 is 0 Å². The van der Waals surface area contributed by atoms with Crippen molar-refractivity contribution in [2.24, 2.45) is 0 Å². The van der Waals surface area contributed by atoms with Crippen LogP contribution in [0.15, 0.2) is 0 Å². The average Bonchev–Trinajstić information content (AvgIpc) is 2.46. The van der Waals surface area contributed by atoms with Crippen molar-refractivity contribution < 1.29 is 32.0 Å². The van der Waals surface area contributed by atoms with Gasteiger partial charge in [-0.25, -0.2) is 0 Å². The van der Waals surface area contributed by atoms with E-state index in [4.69, 9.17) is 7.85 Å². The molecule has 0 saturated carbocycles. The van der Waals surface area contributed by atoms with Crippen LogP contribution in [-0.2, 0) is 32.0 Å². The Morgan fingerprint density at radius 1 is 1.10 bits per heavy atom. The van der Waals surface area contributed by atoms with E-state index in [2.05, 4.69) is 10.2 Å². The predicted octanol–water partition coefficient (Wildman–Crippen LogP) is 0.382. The van der Waals surface area contributed by atoms with Gasteiger partial charge in [0.2, 0.25) is 5.91 Å². The summed E-state index contributed by atoms with van der Waals surface area (Å²) in [5, 5.41) is 2.77. The number of unbranched alkanes of at least 4 members (excludes halogenated alkanes) is 3. The molecule has 3 radical (unpaired) electrons. The Bertz CT molecular complexity index is 275. The summed E-state index contributed by atoms with van der Waals surface area (Å²) < 4.78 is 0. The van der Waals surface area contributed by atoms with Gasteiger partial charge in [0.1, 0.15) is 0 Å². The molecule has 0 unspecified atom stereocenters. The quantitative estimate of drug-likeness (QED) is 0.298. The number of carbonyl (C=O) groups is 1. The van der Waals surface area contributed by atoms with E-state index in [-0.39, 0.29) is 42.0 Å². The Balaban J connectivity index is 0. The fourth-order valence-electron chi connectivity index (χ4n) is 2.18. The zero-order valence-corrected chi connectivity index (χ0v) is 15.0. The molecule has 0 atom stereocenters. The number of rotatable bonds is 9. The molecule has 1 fully saturated rings. The van der Waals surface area contributed by atoms with Crippen LogP contribution in [0.3, 0.4) is 0 Å². The van der Waals surface area contributed by atoms with Crippen molar-refractivity contribution >= 4 is 20.2 Å². The first-order valence-corrected chi connectivity index (χ1v) is 7.08. The van der Waals surface area contributed by atoms with Crippen molar-refractivity contribution in [2.75, 3.05) is 39.3 Å². The van der Waals surface area contributed by atoms with Crippen molar-refractivity contribution in [2.45, 2.75) is 32.0 Å². The van der Waals surface area contributed by atoms with Crippen LogP contribution in [-0.4, -0.2) is 69.2 Å². The Morgan fingerprint density at radius 2 is 1.71 bits per heavy atom. The third-order valence-corrected chi connectivity index (χ3v) is 3.41. The monoisotopic (exact) mass is 476 g/mol. The second-order valence-corrected chi connectivity index (χ2v) is 4.89. The van der Waals surface area contributed by atoms with Crippen LogP contribution in [0, 0.1) is 7.43 Å². The van der Waals surface area contributed by atoms with Crippen molar-refractivity contribution in [1.82, 2.24) is 15.1 Å². The minimum Gasteiger partial charge on any atom is -0.520 e. The molecule has 1 rings (SSSR count). The molecule has 1 aliphatic heterocycles. The molecule has 0 aliphatic carbocycles. The molecular weight excluding hydrogens is 450 g/mol. The molecule has 0 spiro atoms. The van der Waals surface area contributed by atoms with Gasteiger partial charge in [-0.15, -0.1) is 0 Å². The summed E-state index contributed by atoms with van der Waals surface area (Å²) in [4.78, 5) is 25.4. The van der Waals surface area contributed by atoms with E-state index in [1.165, 1.54) is 12.8 Å². The number of nitrogens with one attached hydrogen (secondary N) is 1. The average molecular weight is 476 g/mol. The third-order valence-electron chi connectivity index (χ3n) is 3.41. The van der Waals surface area contributed by atoms with Crippen LogP contribution in [0.4, 0.5) is 0 Å². The smallest absolute Gasteiger partial charge is 0.211 e. The zero-order chi connectivity index (χ0) is 13.9. The molecule has 2 amide bonds. The zero-order valence-electron chi connectivity index (χ0n) is 12.9. The van der Waals surface area contributed by atoms with Crippen LogP contribution in [0.5, 0.6) is 0 Å². The summed E-state index contributed by atoms with van der Waals surface area (Å²) >= 11 is 0. The van der Waals surface area contributed by atoms with Gasteiger partial charge in [0, 0.05) is 55.1 Å². The maximum atomic E-state index is 10.9. The molecule has 1 heterocycles. The summed E-state index contributed by atoms with van der Waals surface area (Å²) in [5.41, 5.74) is 0. The largest absolute Gasteiger partial charge is 0.520 e. The molecule has 1 saturated heterocycles. The summed E-state index contributed by atoms with van der Waals surface area (Å²) in [6.07, 6.45) is 6.52. The first kappa shape index (κ1) is 23.0. The molecule has 7 heteroatoms. The number of piperazine rings is 1. The molecule has 0 bridgehead atoms. The van der Waals surface area contributed by atoms with Gasteiger partial charge in [0.25, 0.3) is 0 Å². The van der Waals surface area contributed by atoms with E-state index in [0.717, 1.165) is 52.1 Å². The molecule has 5 nitrogen and oxygen atoms in total. The minimum absolute atomic E-state index is 0. The third kappa shape index (κ3) is 11.0. The van der Waals surface area contributed by atoms with Crippen LogP contribution >= 0.6 is 0 Å². The maximum absolute atomic E-state index is 10.9. The van der Waals surface area contributed by atoms with Gasteiger partial charge in [0.15, 0.2) is 0 Å². The molecule has 0 aromatic rings. The summed E-state index contributed by atoms with van der Waals surface area (Å²) in [6, 6.07) is 0. The first-order chi connectivity index (χ1) is 9.26. The Morgan fingerprint density at radius 3 is 2.29 bits per heavy atom. The SMILES string of the molecule is [Au].[B]CC(=O)NCCCCCCN1CCN([C-]=O)CC1.[CH3-]. The van der Waals surface area contributed by atoms with E-state index in [1.807, 2.05) is 6.41 Å². The van der Waals surface area contributed by atoms with Gasteiger partial charge in [-0.3, -0.25) is 4.79 Å². The summed E-state index contributed by atoms with van der Waals surface area (Å²) in [6.45, 7) is 5.35. The summed E-state index contributed by atoms with van der Waals surface area (Å²) in [5.74, 6) is -0.0788. The van der Waals surface area contributed by atoms with E-state index < -0.39 is 0 Å². The minimum atomic E-state index is -0.0788. The van der Waals surface area contributed by atoms with E-state index in [1.54, 1.807) is 4.90 Å². The number of amides is 2. The van der Waals surface area contributed by atoms with Gasteiger partial charge in [-0.05, 0) is 25.7 Å². The second kappa shape index (κ2) is 14.6. The van der Waals surface area contributed by atoms with E-state index in [0.29, 0.717) is 0 Å². The first-order valence-electron chi connectivity index (χ1n) is 7.08. The fraction of sp³-hybridized carbons (Fsp3) is 0.786. The van der Waals surface area contributed by atoms with Crippen LogP contribution in [0.2, 0.25) is 6.32 Å². The molecule has 125 valence electrons. The van der Waals surface area contributed by atoms with Crippen LogP contribution < -0.4 is 5.32 Å². The molecule has 0 aromatic carbocycles. The number of hydrogen-bond acceptors (Lipinski definition) is 3. The molecular formula is C14H26AuBN3O2-2. The Kier molecular flexibility index (Phi) is 16.0. The second-order valence-electron chi connectivity index (χ2n) is 4.89. The van der Waals surface area contributed by atoms with Crippen molar-refractivity contribution in [3.63, 3.8) is 0 Å². The Labute approximate surface area is 146 Å². The summed E-state index contributed by atoms with van der Waals surface area (Å²) in [7, 11) is 5.19. The maximum Gasteiger partial charge on any atom is 0.211 e. The topological polar surface area (TPSA) is 52.7 Å². The van der Waals surface area contributed by atoms with Gasteiger partial charge in [-0.2, -0.15) is 6.41 Å². The van der Waals surface area contributed by atoms with Crippen molar-refractivity contribution in [3.8, 4) is 0 Å². The standard InChI is InChI=1S/C13H23BN3O2.CH3.Au/c14-11-13(19)15-5-3-1-2-4-6-16-7-9-17(12-18)10-8-16;;/h1-11H2,(H,15,19);1H3;/q2*-1;. The van der Waals surface area contributed by atoms with Gasteiger partial charge >= 0.3 is 0 Å². The molecule has 1 aliphatic rings. The molecule has 1 N–H and O–H groups in total. The normalized spacial score (nSPS) is 14.8. The number of nitrogens with zero attached hydrogens (tertiary/aromatic N) is 2. The number of carbonyl (C=O) groups excluding carboxylic acids is 2. The van der Waals surface area contributed by atoms with Gasteiger partial charge in [0.05, 0.1) is 7.85 Å². The molecule has 21 heavy (non-hydrogen) atoms. The van der Waals surface area contributed by atoms with Gasteiger partial charge < -0.3 is 27.3 Å². The van der Waals surface area contributed by atoms with Gasteiger partial charge in [-0.1, -0.05) is 12.8 Å². The van der Waals surface area contributed by atoms with Crippen molar-refractivity contribution in [1.29, 1.82) is 0 Å². The predicted molar refractivity (Wildman–Crippen MR) is 82.2 cm³/mol. The fourth-order valence-corrected chi connectivity index (χ4v) is 2.18. The molecule has 0 aromatic heterocycles. The Hall–Kier alpha value is -0.295. The van der Waals surface area contributed by atoms with E-state index in [9.17, 15) is 9.59 Å². The van der Waals surface area contributed by atoms with Crippen LogP contribution in [0.25, 0.3) is 0 Å².